The number of hydrogen-bond donors (Lipinski definition) is 1. The molecule has 2 aromatic rings. The van der Waals surface area contributed by atoms with Crippen molar-refractivity contribution in [2.75, 3.05) is 5.73 Å². The van der Waals surface area contributed by atoms with Crippen LogP contribution < -0.4 is 10.5 Å². The number of nitrogens with zero attached hydrogens (tertiary/aromatic N) is 2. The molecule has 2 aliphatic carbocycles. The van der Waals surface area contributed by atoms with E-state index in [1.165, 1.54) is 25.7 Å². The van der Waals surface area contributed by atoms with Gasteiger partial charge in [0.25, 0.3) is 0 Å². The monoisotopic (exact) mass is 281 g/mol. The van der Waals surface area contributed by atoms with Gasteiger partial charge in [0.2, 0.25) is 0 Å². The lowest BCUT2D eigenvalue weighted by Gasteiger charge is -2.11. The summed E-state index contributed by atoms with van der Waals surface area (Å²) in [5, 5.41) is 0. The zero-order valence-corrected chi connectivity index (χ0v) is 12.2. The van der Waals surface area contributed by atoms with E-state index in [0.29, 0.717) is 17.8 Å². The first kappa shape index (κ1) is 12.6. The summed E-state index contributed by atoms with van der Waals surface area (Å²) in [6.45, 7) is 1.98. The maximum Gasteiger partial charge on any atom is 0.134 e. The summed E-state index contributed by atoms with van der Waals surface area (Å²) in [6.07, 6.45) is 5.13. The molecule has 21 heavy (non-hydrogen) atoms. The van der Waals surface area contributed by atoms with Crippen LogP contribution in [0.2, 0.25) is 0 Å². The molecule has 1 heterocycles. The number of anilines is 1. The van der Waals surface area contributed by atoms with E-state index in [1.807, 2.05) is 19.1 Å². The van der Waals surface area contributed by atoms with E-state index in [9.17, 15) is 0 Å². The van der Waals surface area contributed by atoms with Crippen LogP contribution in [0.15, 0.2) is 24.3 Å². The van der Waals surface area contributed by atoms with Gasteiger partial charge in [0, 0.05) is 17.0 Å². The maximum absolute atomic E-state index is 6.05. The Kier molecular flexibility index (Phi) is 2.84. The first-order valence-corrected chi connectivity index (χ1v) is 7.62. The number of ether oxygens (including phenoxy) is 1. The van der Waals surface area contributed by atoms with Crippen molar-refractivity contribution >= 4 is 5.82 Å². The van der Waals surface area contributed by atoms with E-state index in [0.717, 1.165) is 28.4 Å². The van der Waals surface area contributed by atoms with Gasteiger partial charge in [-0.3, -0.25) is 0 Å². The largest absolute Gasteiger partial charge is 0.490 e. The Morgan fingerprint density at radius 2 is 1.76 bits per heavy atom. The van der Waals surface area contributed by atoms with Crippen molar-refractivity contribution in [1.29, 1.82) is 0 Å². The first-order chi connectivity index (χ1) is 10.2. The highest BCUT2D eigenvalue weighted by Crippen LogP contribution is 2.40. The second-order valence-corrected chi connectivity index (χ2v) is 6.06. The fraction of sp³-hybridized carbons (Fsp3) is 0.412. The molecule has 4 heteroatoms. The fourth-order valence-corrected chi connectivity index (χ4v) is 2.43. The molecule has 0 bridgehead atoms. The first-order valence-electron chi connectivity index (χ1n) is 7.62. The third-order valence-electron chi connectivity index (χ3n) is 4.10. The summed E-state index contributed by atoms with van der Waals surface area (Å²) in [5.74, 6) is 2.93. The topological polar surface area (TPSA) is 61.0 Å². The smallest absolute Gasteiger partial charge is 0.134 e. The highest BCUT2D eigenvalue weighted by Gasteiger charge is 2.28. The summed E-state index contributed by atoms with van der Waals surface area (Å²) >= 11 is 0. The normalized spacial score (nSPS) is 17.8. The molecule has 0 atom stereocenters. The van der Waals surface area contributed by atoms with Gasteiger partial charge in [0.15, 0.2) is 0 Å². The molecule has 2 aliphatic rings. The lowest BCUT2D eigenvalue weighted by Crippen LogP contribution is -2.04. The van der Waals surface area contributed by atoms with Crippen LogP contribution in [0.5, 0.6) is 5.75 Å². The van der Waals surface area contributed by atoms with Gasteiger partial charge in [-0.25, -0.2) is 9.97 Å². The molecule has 4 nitrogen and oxygen atoms in total. The summed E-state index contributed by atoms with van der Waals surface area (Å²) in [5.41, 5.74) is 9.03. The van der Waals surface area contributed by atoms with Gasteiger partial charge in [-0.15, -0.1) is 0 Å². The van der Waals surface area contributed by atoms with E-state index >= 15 is 0 Å². The Morgan fingerprint density at radius 1 is 1.05 bits per heavy atom. The van der Waals surface area contributed by atoms with Crippen molar-refractivity contribution in [3.8, 4) is 17.0 Å². The molecule has 1 aromatic heterocycles. The lowest BCUT2D eigenvalue weighted by atomic mass is 10.1. The highest BCUT2D eigenvalue weighted by molar-refractivity contribution is 5.68. The second kappa shape index (κ2) is 4.72. The third kappa shape index (κ3) is 2.58. The van der Waals surface area contributed by atoms with Gasteiger partial charge >= 0.3 is 0 Å². The molecule has 108 valence electrons. The standard InChI is InChI=1S/C17H19N3O/c1-10-15(19-17(12-2-3-12)20-16(10)18)11-4-6-13(7-5-11)21-14-8-9-14/h4-7,12,14H,2-3,8-9H2,1H3,(H2,18,19,20). The molecule has 2 N–H and O–H groups in total. The molecule has 2 saturated carbocycles. The number of rotatable bonds is 4. The van der Waals surface area contributed by atoms with Crippen LogP contribution in [0.3, 0.4) is 0 Å². The predicted molar refractivity (Wildman–Crippen MR) is 82.2 cm³/mol. The van der Waals surface area contributed by atoms with E-state index in [4.69, 9.17) is 15.5 Å². The van der Waals surface area contributed by atoms with Crippen LogP contribution in [0.25, 0.3) is 11.3 Å². The van der Waals surface area contributed by atoms with Gasteiger partial charge in [-0.2, -0.15) is 0 Å². The average molecular weight is 281 g/mol. The van der Waals surface area contributed by atoms with Gasteiger partial charge in [-0.05, 0) is 56.9 Å². The number of nitrogens with two attached hydrogens (primary N) is 1. The Labute approximate surface area is 124 Å². The minimum absolute atomic E-state index is 0.425. The molecule has 0 unspecified atom stereocenters. The number of hydrogen-bond acceptors (Lipinski definition) is 4. The molecule has 1 aromatic carbocycles. The molecule has 0 amide bonds. The molecule has 0 spiro atoms. The molecule has 4 rings (SSSR count). The quantitative estimate of drug-likeness (QED) is 0.932. The van der Waals surface area contributed by atoms with Crippen LogP contribution in [-0.2, 0) is 0 Å². The SMILES string of the molecule is Cc1c(N)nc(C2CC2)nc1-c1ccc(OC2CC2)cc1. The Morgan fingerprint density at radius 3 is 2.38 bits per heavy atom. The van der Waals surface area contributed by atoms with Gasteiger partial charge in [0.1, 0.15) is 17.4 Å². The van der Waals surface area contributed by atoms with Crippen molar-refractivity contribution in [2.24, 2.45) is 0 Å². The van der Waals surface area contributed by atoms with Crippen LogP contribution in [0.1, 0.15) is 43.0 Å². The van der Waals surface area contributed by atoms with Gasteiger partial charge in [0.05, 0.1) is 11.8 Å². The summed E-state index contributed by atoms with van der Waals surface area (Å²) in [4.78, 5) is 9.16. The number of benzene rings is 1. The average Bonchev–Trinajstić information content (AvgIpc) is 3.36. The van der Waals surface area contributed by atoms with Crippen molar-refractivity contribution in [1.82, 2.24) is 9.97 Å². The predicted octanol–water partition coefficient (Wildman–Crippen LogP) is 3.45. The lowest BCUT2D eigenvalue weighted by molar-refractivity contribution is 0.303. The molecule has 0 radical (unpaired) electrons. The maximum atomic E-state index is 6.05. The van der Waals surface area contributed by atoms with Crippen LogP contribution >= 0.6 is 0 Å². The minimum Gasteiger partial charge on any atom is -0.490 e. The van der Waals surface area contributed by atoms with Crippen molar-refractivity contribution < 1.29 is 4.74 Å². The van der Waals surface area contributed by atoms with E-state index in [-0.39, 0.29) is 0 Å². The van der Waals surface area contributed by atoms with E-state index < -0.39 is 0 Å². The zero-order valence-electron chi connectivity index (χ0n) is 12.2. The molecular formula is C17H19N3O. The third-order valence-corrected chi connectivity index (χ3v) is 4.10. The number of aromatic nitrogens is 2. The Bertz CT molecular complexity index is 673. The van der Waals surface area contributed by atoms with Crippen LogP contribution in [-0.4, -0.2) is 16.1 Å². The molecule has 2 fully saturated rings. The molecular weight excluding hydrogens is 262 g/mol. The summed E-state index contributed by atoms with van der Waals surface area (Å²) in [6, 6.07) is 8.15. The van der Waals surface area contributed by atoms with Crippen molar-refractivity contribution in [3.63, 3.8) is 0 Å². The number of nitrogen functional groups attached to an aromatic ring is 1. The second-order valence-electron chi connectivity index (χ2n) is 6.06. The van der Waals surface area contributed by atoms with E-state index in [1.54, 1.807) is 0 Å². The minimum atomic E-state index is 0.425. The van der Waals surface area contributed by atoms with Gasteiger partial charge < -0.3 is 10.5 Å². The van der Waals surface area contributed by atoms with Crippen molar-refractivity contribution in [2.45, 2.75) is 44.6 Å². The molecule has 0 aliphatic heterocycles. The van der Waals surface area contributed by atoms with Gasteiger partial charge in [-0.1, -0.05) is 0 Å². The summed E-state index contributed by atoms with van der Waals surface area (Å²) in [7, 11) is 0. The van der Waals surface area contributed by atoms with Crippen LogP contribution in [0, 0.1) is 6.92 Å². The molecule has 0 saturated heterocycles. The fourth-order valence-electron chi connectivity index (χ4n) is 2.43. The highest BCUT2D eigenvalue weighted by atomic mass is 16.5. The van der Waals surface area contributed by atoms with Crippen molar-refractivity contribution in [3.05, 3.63) is 35.7 Å². The Balaban J connectivity index is 1.67. The zero-order chi connectivity index (χ0) is 14.4. The van der Waals surface area contributed by atoms with Crippen LogP contribution in [0.4, 0.5) is 5.82 Å². The Hall–Kier alpha value is -2.10. The van der Waals surface area contributed by atoms with E-state index in [2.05, 4.69) is 17.1 Å². The summed E-state index contributed by atoms with van der Waals surface area (Å²) < 4.78 is 5.78.